The molecule has 28 heavy (non-hydrogen) atoms. The second-order valence-electron chi connectivity index (χ2n) is 6.70. The molecule has 3 rings (SSSR count). The first kappa shape index (κ1) is 20.1. The Labute approximate surface area is 169 Å². The number of hydrogen-bond acceptors (Lipinski definition) is 5. The number of carbonyl (C=O) groups is 2. The largest absolute Gasteiger partial charge is 0.487 e. The second-order valence-corrected chi connectivity index (χ2v) is 7.76. The summed E-state index contributed by atoms with van der Waals surface area (Å²) >= 11 is 1.60. The van der Waals surface area contributed by atoms with Crippen LogP contribution in [0.15, 0.2) is 35.7 Å². The Morgan fingerprint density at radius 1 is 1.18 bits per heavy atom. The van der Waals surface area contributed by atoms with Crippen LogP contribution < -0.4 is 4.74 Å². The Morgan fingerprint density at radius 3 is 2.68 bits per heavy atom. The third-order valence-electron chi connectivity index (χ3n) is 4.62. The van der Waals surface area contributed by atoms with Gasteiger partial charge in [0.2, 0.25) is 11.8 Å². The first-order valence-corrected chi connectivity index (χ1v) is 10.3. The van der Waals surface area contributed by atoms with Crippen molar-refractivity contribution in [1.29, 1.82) is 0 Å². The van der Waals surface area contributed by atoms with Gasteiger partial charge in [-0.15, -0.1) is 11.3 Å². The molecule has 148 valence electrons. The summed E-state index contributed by atoms with van der Waals surface area (Å²) in [6.45, 7) is 6.45. The molecule has 6 nitrogen and oxygen atoms in total. The van der Waals surface area contributed by atoms with E-state index in [1.54, 1.807) is 40.2 Å². The Bertz CT molecular complexity index is 862. The predicted octanol–water partition coefficient (Wildman–Crippen LogP) is 3.12. The molecule has 0 atom stereocenters. The number of rotatable bonds is 5. The number of para-hydroxylation sites is 1. The highest BCUT2D eigenvalue weighted by Crippen LogP contribution is 2.21. The third-order valence-corrected chi connectivity index (χ3v) is 5.44. The summed E-state index contributed by atoms with van der Waals surface area (Å²) in [5.41, 5.74) is 1.75. The van der Waals surface area contributed by atoms with Crippen molar-refractivity contribution in [1.82, 2.24) is 14.8 Å². The van der Waals surface area contributed by atoms with Crippen LogP contribution in [-0.2, 0) is 16.2 Å². The molecule has 0 unspecified atom stereocenters. The number of aromatic nitrogens is 1. The Kier molecular flexibility index (Phi) is 6.81. The highest BCUT2D eigenvalue weighted by Gasteiger charge is 2.18. The van der Waals surface area contributed by atoms with Crippen LogP contribution in [0, 0.1) is 6.92 Å². The van der Waals surface area contributed by atoms with E-state index in [-0.39, 0.29) is 11.8 Å². The minimum absolute atomic E-state index is 0.0460. The molecule has 0 saturated carbocycles. The highest BCUT2D eigenvalue weighted by atomic mass is 32.1. The Balaban J connectivity index is 1.61. The van der Waals surface area contributed by atoms with E-state index >= 15 is 0 Å². The van der Waals surface area contributed by atoms with Crippen molar-refractivity contribution in [2.75, 3.05) is 26.2 Å². The summed E-state index contributed by atoms with van der Waals surface area (Å²) < 4.78 is 5.90. The molecule has 2 amide bonds. The summed E-state index contributed by atoms with van der Waals surface area (Å²) in [7, 11) is 0. The molecular weight excluding hydrogens is 374 g/mol. The normalized spacial score (nSPS) is 14.9. The van der Waals surface area contributed by atoms with Gasteiger partial charge in [0.1, 0.15) is 12.4 Å². The number of ether oxygens (including phenoxy) is 1. The lowest BCUT2D eigenvalue weighted by atomic mass is 10.2. The maximum absolute atomic E-state index is 12.6. The van der Waals surface area contributed by atoms with Crippen LogP contribution in [0.1, 0.15) is 29.6 Å². The number of amides is 2. The van der Waals surface area contributed by atoms with E-state index in [9.17, 15) is 9.59 Å². The van der Waals surface area contributed by atoms with Crippen molar-refractivity contribution >= 4 is 29.2 Å². The zero-order valence-corrected chi connectivity index (χ0v) is 17.1. The molecule has 0 bridgehead atoms. The van der Waals surface area contributed by atoms with E-state index in [4.69, 9.17) is 4.74 Å². The summed E-state index contributed by atoms with van der Waals surface area (Å²) in [5.74, 6) is 0.734. The van der Waals surface area contributed by atoms with E-state index in [1.165, 1.54) is 0 Å². The first-order valence-electron chi connectivity index (χ1n) is 9.38. The quantitative estimate of drug-likeness (QED) is 0.725. The standard InChI is InChI=1S/C21H25N3O3S/c1-16-22-19(15-28-16)14-27-20-7-4-3-6-18(20)8-9-21(26)24-11-5-10-23(12-13-24)17(2)25/h3-4,6-9,15H,5,10-14H2,1-2H3/b9-8+. The monoisotopic (exact) mass is 399 g/mol. The smallest absolute Gasteiger partial charge is 0.246 e. The number of hydrogen-bond donors (Lipinski definition) is 0. The number of thiazole rings is 1. The van der Waals surface area contributed by atoms with Crippen molar-refractivity contribution in [2.45, 2.75) is 26.9 Å². The fourth-order valence-electron chi connectivity index (χ4n) is 3.10. The zero-order valence-electron chi connectivity index (χ0n) is 16.3. The average molecular weight is 400 g/mol. The molecule has 0 N–H and O–H groups in total. The van der Waals surface area contributed by atoms with Gasteiger partial charge in [-0.2, -0.15) is 0 Å². The van der Waals surface area contributed by atoms with Crippen LogP contribution in [0.3, 0.4) is 0 Å². The number of carbonyl (C=O) groups excluding carboxylic acids is 2. The number of aryl methyl sites for hydroxylation is 1. The molecule has 7 heteroatoms. The van der Waals surface area contributed by atoms with Gasteiger partial charge < -0.3 is 14.5 Å². The molecule has 1 aliphatic rings. The van der Waals surface area contributed by atoms with Crippen molar-refractivity contribution < 1.29 is 14.3 Å². The van der Waals surface area contributed by atoms with Crippen LogP contribution in [0.2, 0.25) is 0 Å². The van der Waals surface area contributed by atoms with E-state index in [2.05, 4.69) is 4.98 Å². The Morgan fingerprint density at radius 2 is 1.93 bits per heavy atom. The van der Waals surface area contributed by atoms with Gasteiger partial charge in [0, 0.05) is 50.1 Å². The average Bonchev–Trinajstić information content (AvgIpc) is 2.94. The van der Waals surface area contributed by atoms with E-state index < -0.39 is 0 Å². The van der Waals surface area contributed by atoms with Crippen molar-refractivity contribution in [3.63, 3.8) is 0 Å². The van der Waals surface area contributed by atoms with Gasteiger partial charge in [0.25, 0.3) is 0 Å². The molecule has 1 fully saturated rings. The van der Waals surface area contributed by atoms with Crippen molar-refractivity contribution in [2.24, 2.45) is 0 Å². The SMILES string of the molecule is CC(=O)N1CCCN(C(=O)/C=C/c2ccccc2OCc2csc(C)n2)CC1. The lowest BCUT2D eigenvalue weighted by molar-refractivity contribution is -0.130. The summed E-state index contributed by atoms with van der Waals surface area (Å²) in [5, 5.41) is 3.00. The maximum atomic E-state index is 12.6. The molecule has 2 aromatic rings. The molecule has 0 aliphatic carbocycles. The molecule has 1 aromatic carbocycles. The fraction of sp³-hybridized carbons (Fsp3) is 0.381. The second kappa shape index (κ2) is 9.50. The summed E-state index contributed by atoms with van der Waals surface area (Å²) in [6.07, 6.45) is 4.17. The maximum Gasteiger partial charge on any atom is 0.246 e. The first-order chi connectivity index (χ1) is 13.5. The van der Waals surface area contributed by atoms with Gasteiger partial charge >= 0.3 is 0 Å². The molecular formula is C21H25N3O3S. The molecule has 1 aliphatic heterocycles. The minimum atomic E-state index is -0.0460. The van der Waals surface area contributed by atoms with Gasteiger partial charge in [-0.25, -0.2) is 4.98 Å². The van der Waals surface area contributed by atoms with E-state index in [0.717, 1.165) is 28.4 Å². The number of nitrogens with zero attached hydrogens (tertiary/aromatic N) is 3. The van der Waals surface area contributed by atoms with E-state index in [0.29, 0.717) is 32.8 Å². The topological polar surface area (TPSA) is 62.7 Å². The highest BCUT2D eigenvalue weighted by molar-refractivity contribution is 7.09. The van der Waals surface area contributed by atoms with Crippen LogP contribution in [0.4, 0.5) is 0 Å². The number of benzene rings is 1. The molecule has 0 spiro atoms. The third kappa shape index (κ3) is 5.42. The predicted molar refractivity (Wildman–Crippen MR) is 110 cm³/mol. The van der Waals surface area contributed by atoms with Gasteiger partial charge in [0.05, 0.1) is 10.7 Å². The minimum Gasteiger partial charge on any atom is -0.487 e. The van der Waals surface area contributed by atoms with Crippen LogP contribution in [-0.4, -0.2) is 52.8 Å². The van der Waals surface area contributed by atoms with Gasteiger partial charge in [0.15, 0.2) is 0 Å². The summed E-state index contributed by atoms with van der Waals surface area (Å²) in [6, 6.07) is 7.64. The lowest BCUT2D eigenvalue weighted by Gasteiger charge is -2.20. The lowest BCUT2D eigenvalue weighted by Crippen LogP contribution is -2.35. The molecule has 1 saturated heterocycles. The van der Waals surface area contributed by atoms with Crippen LogP contribution in [0.25, 0.3) is 6.08 Å². The Hall–Kier alpha value is -2.67. The molecule has 1 aromatic heterocycles. The van der Waals surface area contributed by atoms with Crippen LogP contribution in [0.5, 0.6) is 5.75 Å². The van der Waals surface area contributed by atoms with Gasteiger partial charge in [-0.05, 0) is 25.5 Å². The van der Waals surface area contributed by atoms with E-state index in [1.807, 2.05) is 36.6 Å². The van der Waals surface area contributed by atoms with Gasteiger partial charge in [-0.1, -0.05) is 18.2 Å². The van der Waals surface area contributed by atoms with Crippen LogP contribution >= 0.6 is 11.3 Å². The fourth-order valence-corrected chi connectivity index (χ4v) is 3.69. The molecule has 2 heterocycles. The van der Waals surface area contributed by atoms with Crippen molar-refractivity contribution in [3.05, 3.63) is 52.0 Å². The zero-order chi connectivity index (χ0) is 19.9. The molecule has 0 radical (unpaired) electrons. The summed E-state index contributed by atoms with van der Waals surface area (Å²) in [4.78, 5) is 32.1. The van der Waals surface area contributed by atoms with Gasteiger partial charge in [-0.3, -0.25) is 9.59 Å². The van der Waals surface area contributed by atoms with Crippen molar-refractivity contribution in [3.8, 4) is 5.75 Å².